The van der Waals surface area contributed by atoms with Crippen molar-refractivity contribution in [2.24, 2.45) is 5.92 Å². The summed E-state index contributed by atoms with van der Waals surface area (Å²) in [6, 6.07) is 8.37. The third-order valence-corrected chi connectivity index (χ3v) is 3.99. The van der Waals surface area contributed by atoms with Gasteiger partial charge in [0.2, 0.25) is 0 Å². The molecule has 130 valence electrons. The molecule has 1 N–H and O–H groups in total. The van der Waals surface area contributed by atoms with Crippen molar-refractivity contribution in [3.8, 4) is 6.01 Å². The Morgan fingerprint density at radius 2 is 2.17 bits per heavy atom. The number of fused-ring (bicyclic) bond motifs is 1. The number of hydrogen-bond donors (Lipinski definition) is 1. The van der Waals surface area contributed by atoms with Crippen molar-refractivity contribution in [2.45, 2.75) is 39.2 Å². The number of para-hydroxylation sites is 2. The summed E-state index contributed by atoms with van der Waals surface area (Å²) in [4.78, 5) is 21.6. The molecule has 1 atom stereocenters. The van der Waals surface area contributed by atoms with Gasteiger partial charge in [-0.05, 0) is 45.7 Å². The number of rotatable bonds is 3. The van der Waals surface area contributed by atoms with Crippen molar-refractivity contribution in [1.29, 1.82) is 0 Å². The van der Waals surface area contributed by atoms with E-state index in [0.717, 1.165) is 30.4 Å². The summed E-state index contributed by atoms with van der Waals surface area (Å²) in [7, 11) is 0. The highest BCUT2D eigenvalue weighted by Gasteiger charge is 2.28. The number of aromatic nitrogens is 2. The summed E-state index contributed by atoms with van der Waals surface area (Å²) in [5.41, 5.74) is 1.40. The van der Waals surface area contributed by atoms with Gasteiger partial charge in [0.25, 0.3) is 6.01 Å². The van der Waals surface area contributed by atoms with Crippen molar-refractivity contribution < 1.29 is 14.3 Å². The number of aromatic amines is 1. The van der Waals surface area contributed by atoms with E-state index in [0.29, 0.717) is 25.1 Å². The van der Waals surface area contributed by atoms with Crippen LogP contribution >= 0.6 is 0 Å². The van der Waals surface area contributed by atoms with Crippen LogP contribution in [0.3, 0.4) is 0 Å². The highest BCUT2D eigenvalue weighted by molar-refractivity contribution is 5.75. The second-order valence-corrected chi connectivity index (χ2v) is 7.30. The smallest absolute Gasteiger partial charge is 0.410 e. The lowest BCUT2D eigenvalue weighted by atomic mass is 9.99. The van der Waals surface area contributed by atoms with E-state index in [1.165, 1.54) is 0 Å². The zero-order chi connectivity index (χ0) is 17.2. The molecule has 1 aliphatic heterocycles. The van der Waals surface area contributed by atoms with Gasteiger partial charge in [0, 0.05) is 19.0 Å². The van der Waals surface area contributed by atoms with Gasteiger partial charge in [-0.2, -0.15) is 4.98 Å². The predicted octanol–water partition coefficient (Wildman–Crippen LogP) is 3.59. The third-order valence-electron chi connectivity index (χ3n) is 3.99. The summed E-state index contributed by atoms with van der Waals surface area (Å²) in [6.45, 7) is 7.61. The van der Waals surface area contributed by atoms with E-state index in [1.807, 2.05) is 45.0 Å². The lowest BCUT2D eigenvalue weighted by Crippen LogP contribution is -2.44. The quantitative estimate of drug-likeness (QED) is 0.933. The van der Waals surface area contributed by atoms with Gasteiger partial charge in [-0.25, -0.2) is 4.79 Å². The van der Waals surface area contributed by atoms with Crippen LogP contribution in [0.1, 0.15) is 33.6 Å². The Bertz CT molecular complexity index is 672. The lowest BCUT2D eigenvalue weighted by Gasteiger charge is -2.33. The molecular weight excluding hydrogens is 306 g/mol. The number of carbonyl (C=O) groups is 1. The Balaban J connectivity index is 1.54. The van der Waals surface area contributed by atoms with Crippen molar-refractivity contribution >= 4 is 17.1 Å². The first-order chi connectivity index (χ1) is 11.4. The molecule has 0 aliphatic carbocycles. The molecule has 1 aliphatic rings. The monoisotopic (exact) mass is 331 g/mol. The van der Waals surface area contributed by atoms with Crippen LogP contribution in [0.25, 0.3) is 11.0 Å². The van der Waals surface area contributed by atoms with E-state index in [1.54, 1.807) is 4.90 Å². The van der Waals surface area contributed by atoms with Gasteiger partial charge in [-0.15, -0.1) is 0 Å². The average molecular weight is 331 g/mol. The standard InChI is InChI=1S/C18H25N3O3/c1-18(2,3)24-17(22)21-10-6-7-13(11-21)12-23-16-19-14-8-4-5-9-15(14)20-16/h4-5,8-9,13H,6-7,10-12H2,1-3H3,(H,19,20)/t13-/m1/s1. The number of hydrogen-bond acceptors (Lipinski definition) is 4. The van der Waals surface area contributed by atoms with E-state index >= 15 is 0 Å². The maximum absolute atomic E-state index is 12.2. The normalized spacial score (nSPS) is 18.6. The SMILES string of the molecule is CC(C)(C)OC(=O)N1CCC[C@@H](COc2nc3ccccc3[nH]2)C1. The first-order valence-electron chi connectivity index (χ1n) is 8.46. The summed E-state index contributed by atoms with van der Waals surface area (Å²) in [5.74, 6) is 0.291. The highest BCUT2D eigenvalue weighted by atomic mass is 16.6. The summed E-state index contributed by atoms with van der Waals surface area (Å²) in [5, 5.41) is 0. The second-order valence-electron chi connectivity index (χ2n) is 7.30. The van der Waals surface area contributed by atoms with E-state index < -0.39 is 5.60 Å². The summed E-state index contributed by atoms with van der Waals surface area (Å²) in [6.07, 6.45) is 1.77. The van der Waals surface area contributed by atoms with E-state index in [-0.39, 0.29) is 6.09 Å². The largest absolute Gasteiger partial charge is 0.464 e. The van der Waals surface area contributed by atoms with Crippen LogP contribution in [0.15, 0.2) is 24.3 Å². The molecule has 2 aromatic rings. The third kappa shape index (κ3) is 4.19. The molecule has 1 aromatic carbocycles. The fourth-order valence-corrected chi connectivity index (χ4v) is 2.89. The van der Waals surface area contributed by atoms with Crippen LogP contribution in [0, 0.1) is 5.92 Å². The molecular formula is C18H25N3O3. The minimum absolute atomic E-state index is 0.240. The number of ether oxygens (including phenoxy) is 2. The van der Waals surface area contributed by atoms with Crippen LogP contribution in [0.5, 0.6) is 6.01 Å². The highest BCUT2D eigenvalue weighted by Crippen LogP contribution is 2.21. The Labute approximate surface area is 142 Å². The van der Waals surface area contributed by atoms with E-state index in [4.69, 9.17) is 9.47 Å². The number of H-pyrrole nitrogens is 1. The Morgan fingerprint density at radius 3 is 2.92 bits per heavy atom. The Hall–Kier alpha value is -2.24. The number of nitrogens with zero attached hydrogens (tertiary/aromatic N) is 2. The molecule has 6 heteroatoms. The number of piperidine rings is 1. The van der Waals surface area contributed by atoms with Crippen LogP contribution in [-0.2, 0) is 4.74 Å². The van der Waals surface area contributed by atoms with E-state index in [2.05, 4.69) is 9.97 Å². The number of carbonyl (C=O) groups excluding carboxylic acids is 1. The van der Waals surface area contributed by atoms with Crippen LogP contribution in [0.4, 0.5) is 4.79 Å². The zero-order valence-corrected chi connectivity index (χ0v) is 14.5. The fourth-order valence-electron chi connectivity index (χ4n) is 2.89. The van der Waals surface area contributed by atoms with Gasteiger partial charge in [-0.1, -0.05) is 12.1 Å². The van der Waals surface area contributed by atoms with Crippen molar-refractivity contribution in [1.82, 2.24) is 14.9 Å². The molecule has 6 nitrogen and oxygen atoms in total. The summed E-state index contributed by atoms with van der Waals surface area (Å²) >= 11 is 0. The predicted molar refractivity (Wildman–Crippen MR) is 92.1 cm³/mol. The second kappa shape index (κ2) is 6.71. The zero-order valence-electron chi connectivity index (χ0n) is 14.5. The van der Waals surface area contributed by atoms with E-state index in [9.17, 15) is 4.79 Å². The summed E-state index contributed by atoms with van der Waals surface area (Å²) < 4.78 is 11.3. The van der Waals surface area contributed by atoms with Crippen LogP contribution in [0.2, 0.25) is 0 Å². The molecule has 3 rings (SSSR count). The van der Waals surface area contributed by atoms with Gasteiger partial charge >= 0.3 is 6.09 Å². The lowest BCUT2D eigenvalue weighted by molar-refractivity contribution is 0.0137. The topological polar surface area (TPSA) is 67.4 Å². The van der Waals surface area contributed by atoms with Gasteiger partial charge < -0.3 is 19.4 Å². The van der Waals surface area contributed by atoms with Gasteiger partial charge in [0.1, 0.15) is 5.60 Å². The molecule has 1 aromatic heterocycles. The Morgan fingerprint density at radius 1 is 1.38 bits per heavy atom. The number of nitrogens with one attached hydrogen (secondary N) is 1. The average Bonchev–Trinajstić information content (AvgIpc) is 2.94. The molecule has 0 bridgehead atoms. The minimum atomic E-state index is -0.463. The number of likely N-dealkylation sites (tertiary alicyclic amines) is 1. The van der Waals surface area contributed by atoms with Crippen molar-refractivity contribution in [3.63, 3.8) is 0 Å². The molecule has 1 saturated heterocycles. The maximum atomic E-state index is 12.2. The molecule has 1 fully saturated rings. The number of benzene rings is 1. The Kier molecular flexibility index (Phi) is 4.64. The number of imidazole rings is 1. The molecule has 1 amide bonds. The van der Waals surface area contributed by atoms with Crippen LogP contribution < -0.4 is 4.74 Å². The van der Waals surface area contributed by atoms with Crippen LogP contribution in [-0.4, -0.2) is 46.3 Å². The minimum Gasteiger partial charge on any atom is -0.464 e. The molecule has 0 spiro atoms. The van der Waals surface area contributed by atoms with Crippen molar-refractivity contribution in [3.05, 3.63) is 24.3 Å². The maximum Gasteiger partial charge on any atom is 0.410 e. The fraction of sp³-hybridized carbons (Fsp3) is 0.556. The molecule has 24 heavy (non-hydrogen) atoms. The van der Waals surface area contributed by atoms with Crippen molar-refractivity contribution in [2.75, 3.05) is 19.7 Å². The molecule has 0 unspecified atom stereocenters. The van der Waals surface area contributed by atoms with Gasteiger partial charge in [0.05, 0.1) is 17.6 Å². The van der Waals surface area contributed by atoms with Gasteiger partial charge in [-0.3, -0.25) is 0 Å². The molecule has 0 saturated carbocycles. The first-order valence-corrected chi connectivity index (χ1v) is 8.46. The van der Waals surface area contributed by atoms with Gasteiger partial charge in [0.15, 0.2) is 0 Å². The number of amides is 1. The first kappa shape index (κ1) is 16.6. The molecule has 2 heterocycles. The molecule has 0 radical (unpaired) electrons.